The summed E-state index contributed by atoms with van der Waals surface area (Å²) in [7, 11) is 0. The average Bonchev–Trinajstić information content (AvgIpc) is 2.45. The molecule has 106 valence electrons. The van der Waals surface area contributed by atoms with E-state index in [4.69, 9.17) is 9.84 Å². The highest BCUT2D eigenvalue weighted by molar-refractivity contribution is 5.54. The number of nitrogens with zero attached hydrogens (tertiary/aromatic N) is 1. The summed E-state index contributed by atoms with van der Waals surface area (Å²) < 4.78 is 5.57. The number of para-hydroxylation sites is 1. The van der Waals surface area contributed by atoms with Crippen molar-refractivity contribution in [1.82, 2.24) is 0 Å². The van der Waals surface area contributed by atoms with Gasteiger partial charge in [0.15, 0.2) is 0 Å². The SMILES string of the molecule is C[C@@H](O)c1ccccc1N1CCC(OCCO)CC1. The molecule has 0 spiro atoms. The van der Waals surface area contributed by atoms with Gasteiger partial charge in [-0.15, -0.1) is 0 Å². The highest BCUT2D eigenvalue weighted by atomic mass is 16.5. The second-order valence-electron chi connectivity index (χ2n) is 5.02. The number of hydrogen-bond donors (Lipinski definition) is 2. The third-order valence-electron chi connectivity index (χ3n) is 3.61. The molecule has 1 aliphatic rings. The predicted molar refractivity (Wildman–Crippen MR) is 75.3 cm³/mol. The molecule has 4 nitrogen and oxygen atoms in total. The van der Waals surface area contributed by atoms with Crippen molar-refractivity contribution in [3.8, 4) is 0 Å². The first-order valence-corrected chi connectivity index (χ1v) is 6.96. The summed E-state index contributed by atoms with van der Waals surface area (Å²) in [5.41, 5.74) is 2.11. The Kier molecular flexibility index (Phi) is 5.19. The zero-order chi connectivity index (χ0) is 13.7. The Morgan fingerprint density at radius 1 is 1.32 bits per heavy atom. The van der Waals surface area contributed by atoms with E-state index >= 15 is 0 Å². The zero-order valence-electron chi connectivity index (χ0n) is 11.5. The second-order valence-corrected chi connectivity index (χ2v) is 5.02. The maximum atomic E-state index is 9.82. The normalized spacial score (nSPS) is 18.6. The largest absolute Gasteiger partial charge is 0.394 e. The molecular formula is C15H23NO3. The molecule has 0 aromatic heterocycles. The summed E-state index contributed by atoms with van der Waals surface area (Å²) in [5.74, 6) is 0. The fourth-order valence-corrected chi connectivity index (χ4v) is 2.61. The first-order valence-electron chi connectivity index (χ1n) is 6.96. The van der Waals surface area contributed by atoms with Crippen molar-refractivity contribution in [2.75, 3.05) is 31.2 Å². The lowest BCUT2D eigenvalue weighted by molar-refractivity contribution is 0.0158. The van der Waals surface area contributed by atoms with Crippen LogP contribution < -0.4 is 4.90 Å². The number of ether oxygens (including phenoxy) is 1. The van der Waals surface area contributed by atoms with E-state index in [0.29, 0.717) is 6.61 Å². The minimum atomic E-state index is -0.445. The molecule has 19 heavy (non-hydrogen) atoms. The summed E-state index contributed by atoms with van der Waals surface area (Å²) in [6, 6.07) is 8.02. The molecule has 0 amide bonds. The van der Waals surface area contributed by atoms with Crippen molar-refractivity contribution in [3.05, 3.63) is 29.8 Å². The van der Waals surface area contributed by atoms with Crippen LogP contribution in [0.15, 0.2) is 24.3 Å². The lowest BCUT2D eigenvalue weighted by Crippen LogP contribution is -2.38. The van der Waals surface area contributed by atoms with Gasteiger partial charge in [-0.1, -0.05) is 18.2 Å². The summed E-state index contributed by atoms with van der Waals surface area (Å²) in [6.45, 7) is 4.18. The van der Waals surface area contributed by atoms with Crippen LogP contribution in [0.5, 0.6) is 0 Å². The first-order chi connectivity index (χ1) is 9.22. The predicted octanol–water partition coefficient (Wildman–Crippen LogP) is 1.72. The van der Waals surface area contributed by atoms with Crippen molar-refractivity contribution in [1.29, 1.82) is 0 Å². The average molecular weight is 265 g/mol. The Balaban J connectivity index is 1.98. The Hall–Kier alpha value is -1.10. The summed E-state index contributed by atoms with van der Waals surface area (Å²) >= 11 is 0. The van der Waals surface area contributed by atoms with E-state index < -0.39 is 6.10 Å². The molecule has 1 aromatic rings. The molecule has 1 saturated heterocycles. The van der Waals surface area contributed by atoms with Crippen molar-refractivity contribution in [3.63, 3.8) is 0 Å². The highest BCUT2D eigenvalue weighted by Crippen LogP contribution is 2.28. The van der Waals surface area contributed by atoms with Gasteiger partial charge in [-0.05, 0) is 25.8 Å². The molecule has 1 fully saturated rings. The lowest BCUT2D eigenvalue weighted by Gasteiger charge is -2.35. The maximum absolute atomic E-state index is 9.82. The number of benzene rings is 1. The molecule has 1 aromatic carbocycles. The van der Waals surface area contributed by atoms with Crippen molar-refractivity contribution >= 4 is 5.69 Å². The number of hydrogen-bond acceptors (Lipinski definition) is 4. The molecule has 4 heteroatoms. The van der Waals surface area contributed by atoms with Crippen LogP contribution in [-0.4, -0.2) is 42.6 Å². The number of piperidine rings is 1. The smallest absolute Gasteiger partial charge is 0.0781 e. The molecule has 1 atom stereocenters. The molecule has 1 aliphatic heterocycles. The minimum Gasteiger partial charge on any atom is -0.394 e. The van der Waals surface area contributed by atoms with Crippen LogP contribution in [0.2, 0.25) is 0 Å². The van der Waals surface area contributed by atoms with Crippen LogP contribution in [-0.2, 0) is 4.74 Å². The van der Waals surface area contributed by atoms with E-state index in [2.05, 4.69) is 11.0 Å². The van der Waals surface area contributed by atoms with Crippen LogP contribution >= 0.6 is 0 Å². The van der Waals surface area contributed by atoms with E-state index in [-0.39, 0.29) is 12.7 Å². The zero-order valence-corrected chi connectivity index (χ0v) is 11.5. The van der Waals surface area contributed by atoms with Gasteiger partial charge < -0.3 is 19.8 Å². The summed E-state index contributed by atoms with van der Waals surface area (Å²) in [5, 5.41) is 18.6. The molecule has 0 bridgehead atoms. The van der Waals surface area contributed by atoms with Crippen molar-refractivity contribution in [2.45, 2.75) is 32.0 Å². The van der Waals surface area contributed by atoms with Gasteiger partial charge in [0.05, 0.1) is 25.4 Å². The van der Waals surface area contributed by atoms with Gasteiger partial charge in [-0.3, -0.25) is 0 Å². The molecule has 2 rings (SSSR count). The van der Waals surface area contributed by atoms with Crippen molar-refractivity contribution in [2.24, 2.45) is 0 Å². The molecule has 2 N–H and O–H groups in total. The van der Waals surface area contributed by atoms with Crippen LogP contribution in [0.1, 0.15) is 31.4 Å². The summed E-state index contributed by atoms with van der Waals surface area (Å²) in [4.78, 5) is 2.31. The van der Waals surface area contributed by atoms with E-state index in [0.717, 1.165) is 37.2 Å². The van der Waals surface area contributed by atoms with Gasteiger partial charge in [-0.25, -0.2) is 0 Å². The highest BCUT2D eigenvalue weighted by Gasteiger charge is 2.22. The Morgan fingerprint density at radius 3 is 2.63 bits per heavy atom. The fourth-order valence-electron chi connectivity index (χ4n) is 2.61. The molecular weight excluding hydrogens is 242 g/mol. The van der Waals surface area contributed by atoms with E-state index in [9.17, 15) is 5.11 Å². The minimum absolute atomic E-state index is 0.0884. The Morgan fingerprint density at radius 2 is 2.00 bits per heavy atom. The molecule has 0 aliphatic carbocycles. The van der Waals surface area contributed by atoms with E-state index in [1.807, 2.05) is 18.2 Å². The third-order valence-corrected chi connectivity index (χ3v) is 3.61. The molecule has 1 heterocycles. The van der Waals surface area contributed by atoms with E-state index in [1.54, 1.807) is 6.92 Å². The number of aliphatic hydroxyl groups excluding tert-OH is 2. The van der Waals surface area contributed by atoms with Crippen molar-refractivity contribution < 1.29 is 14.9 Å². The Labute approximate surface area is 114 Å². The second kappa shape index (κ2) is 6.89. The van der Waals surface area contributed by atoms with Gasteiger partial charge in [0, 0.05) is 24.3 Å². The number of anilines is 1. The maximum Gasteiger partial charge on any atom is 0.0781 e. The number of aliphatic hydroxyl groups is 2. The molecule has 0 saturated carbocycles. The monoisotopic (exact) mass is 265 g/mol. The van der Waals surface area contributed by atoms with Crippen LogP contribution in [0.25, 0.3) is 0 Å². The topological polar surface area (TPSA) is 52.9 Å². The van der Waals surface area contributed by atoms with Crippen LogP contribution in [0.4, 0.5) is 5.69 Å². The van der Waals surface area contributed by atoms with Crippen LogP contribution in [0.3, 0.4) is 0 Å². The quantitative estimate of drug-likeness (QED) is 0.851. The van der Waals surface area contributed by atoms with Gasteiger partial charge in [0.25, 0.3) is 0 Å². The lowest BCUT2D eigenvalue weighted by atomic mass is 10.0. The van der Waals surface area contributed by atoms with Gasteiger partial charge in [-0.2, -0.15) is 0 Å². The molecule has 0 radical (unpaired) electrons. The van der Waals surface area contributed by atoms with Gasteiger partial charge in [0.2, 0.25) is 0 Å². The first kappa shape index (κ1) is 14.3. The Bertz CT molecular complexity index is 387. The van der Waals surface area contributed by atoms with E-state index in [1.165, 1.54) is 0 Å². The standard InChI is InChI=1S/C15H23NO3/c1-12(18)14-4-2-3-5-15(14)16-8-6-13(7-9-16)19-11-10-17/h2-5,12-13,17-18H,6-11H2,1H3/t12-/m1/s1. The van der Waals surface area contributed by atoms with Gasteiger partial charge >= 0.3 is 0 Å². The molecule has 0 unspecified atom stereocenters. The number of rotatable bonds is 5. The third kappa shape index (κ3) is 3.69. The summed E-state index contributed by atoms with van der Waals surface area (Å²) in [6.07, 6.45) is 1.74. The van der Waals surface area contributed by atoms with Gasteiger partial charge in [0.1, 0.15) is 0 Å². The fraction of sp³-hybridized carbons (Fsp3) is 0.600. The van der Waals surface area contributed by atoms with Crippen LogP contribution in [0, 0.1) is 0 Å².